The lowest BCUT2D eigenvalue weighted by Gasteiger charge is -2.31. The Bertz CT molecular complexity index is 730. The lowest BCUT2D eigenvalue weighted by molar-refractivity contribution is -0.125. The smallest absolute Gasteiger partial charge is 0.311 e. The van der Waals surface area contributed by atoms with Crippen LogP contribution in [-0.2, 0) is 25.4 Å². The molecule has 0 bridgehead atoms. The van der Waals surface area contributed by atoms with Crippen molar-refractivity contribution in [3.63, 3.8) is 0 Å². The molecule has 0 aliphatic heterocycles. The van der Waals surface area contributed by atoms with Gasteiger partial charge in [0.1, 0.15) is 0 Å². The van der Waals surface area contributed by atoms with Gasteiger partial charge >= 0.3 is 10.5 Å². The van der Waals surface area contributed by atoms with E-state index in [9.17, 15) is 13.2 Å². The van der Waals surface area contributed by atoms with Crippen LogP contribution in [0, 0.1) is 0 Å². The minimum Gasteiger partial charge on any atom is -0.382 e. The first kappa shape index (κ1) is 22.2. The highest BCUT2D eigenvalue weighted by Crippen LogP contribution is 2.32. The van der Waals surface area contributed by atoms with Gasteiger partial charge in [-0.05, 0) is 44.0 Å². The summed E-state index contributed by atoms with van der Waals surface area (Å²) in [5.41, 5.74) is -0.453. The molecule has 0 saturated heterocycles. The first-order chi connectivity index (χ1) is 12.4. The van der Waals surface area contributed by atoms with Crippen LogP contribution in [0.2, 0.25) is 0 Å². The van der Waals surface area contributed by atoms with Crippen LogP contribution in [0.25, 0.3) is 0 Å². The van der Waals surface area contributed by atoms with Crippen molar-refractivity contribution in [1.29, 1.82) is 0 Å². The zero-order valence-electron chi connectivity index (χ0n) is 15.2. The topological polar surface area (TPSA) is 96.9 Å². The minimum atomic E-state index is -2.61. The number of rotatable bonds is 9. The van der Waals surface area contributed by atoms with Gasteiger partial charge in [-0.15, -0.1) is 0 Å². The molecule has 0 radical (unpaired) electrons. The predicted molar refractivity (Wildman–Crippen MR) is 104 cm³/mol. The van der Waals surface area contributed by atoms with E-state index in [1.807, 2.05) is 13.0 Å². The summed E-state index contributed by atoms with van der Waals surface area (Å²) in [5.74, 6) is -0.387. The molecule has 0 aromatic heterocycles. The molecule has 1 aromatic rings. The van der Waals surface area contributed by atoms with E-state index in [4.69, 9.17) is 17.0 Å². The lowest BCUT2D eigenvalue weighted by atomic mass is 9.75. The largest absolute Gasteiger partial charge is 0.382 e. The molecule has 144 valence electrons. The maximum absolute atomic E-state index is 13.1. The van der Waals surface area contributed by atoms with Crippen molar-refractivity contribution in [3.8, 4) is 0 Å². The summed E-state index contributed by atoms with van der Waals surface area (Å²) in [5, 5.41) is 5.50. The molecule has 7 nitrogen and oxygen atoms in total. The molecule has 0 spiro atoms. The van der Waals surface area contributed by atoms with E-state index < -0.39 is 15.9 Å². The molecule has 1 rings (SSSR count). The molecule has 1 amide bonds. The zero-order chi connectivity index (χ0) is 19.6. The van der Waals surface area contributed by atoms with Gasteiger partial charge in [0.05, 0.1) is 18.1 Å². The van der Waals surface area contributed by atoms with Gasteiger partial charge in [-0.1, -0.05) is 30.3 Å². The van der Waals surface area contributed by atoms with Gasteiger partial charge in [0.15, 0.2) is 5.11 Å². The number of methoxy groups -OCH3 is 1. The minimum absolute atomic E-state index is 0.0375. The van der Waals surface area contributed by atoms with Crippen molar-refractivity contribution in [2.45, 2.75) is 37.7 Å². The molecule has 0 aliphatic carbocycles. The first-order valence-corrected chi connectivity index (χ1v) is 9.68. The van der Waals surface area contributed by atoms with Crippen LogP contribution in [0.5, 0.6) is 0 Å². The van der Waals surface area contributed by atoms with E-state index in [1.54, 1.807) is 38.4 Å². The second-order valence-electron chi connectivity index (χ2n) is 5.92. The van der Waals surface area contributed by atoms with E-state index in [2.05, 4.69) is 15.0 Å². The van der Waals surface area contributed by atoms with E-state index in [0.717, 1.165) is 6.42 Å². The molecule has 2 atom stereocenters. The van der Waals surface area contributed by atoms with Crippen LogP contribution >= 0.6 is 12.2 Å². The molecule has 9 heteroatoms. The van der Waals surface area contributed by atoms with Crippen LogP contribution in [0.15, 0.2) is 34.7 Å². The van der Waals surface area contributed by atoms with Gasteiger partial charge in [-0.25, -0.2) is 0 Å². The van der Waals surface area contributed by atoms with Crippen molar-refractivity contribution in [2.75, 3.05) is 20.7 Å². The van der Waals surface area contributed by atoms with E-state index in [0.29, 0.717) is 18.4 Å². The van der Waals surface area contributed by atoms with Gasteiger partial charge in [0.25, 0.3) is 0 Å². The third kappa shape index (κ3) is 6.47. The number of nitrogens with zero attached hydrogens (tertiary/aromatic N) is 1. The molecular formula is C17H25N3O4S2. The van der Waals surface area contributed by atoms with Crippen molar-refractivity contribution in [1.82, 2.24) is 10.6 Å². The number of hydrogen-bond donors (Lipinski definition) is 2. The van der Waals surface area contributed by atoms with E-state index in [-0.39, 0.29) is 23.7 Å². The highest BCUT2D eigenvalue weighted by Gasteiger charge is 2.40. The predicted octanol–water partition coefficient (Wildman–Crippen LogP) is 1.81. The fraction of sp³-hybridized carbons (Fsp3) is 0.529. The molecule has 26 heavy (non-hydrogen) atoms. The van der Waals surface area contributed by atoms with Gasteiger partial charge in [-0.3, -0.25) is 4.79 Å². The lowest BCUT2D eigenvalue weighted by Crippen LogP contribution is -2.51. The molecule has 0 fully saturated rings. The van der Waals surface area contributed by atoms with Crippen molar-refractivity contribution < 1.29 is 17.9 Å². The average Bonchev–Trinajstić information content (AvgIpc) is 2.64. The summed E-state index contributed by atoms with van der Waals surface area (Å²) in [6, 6.07) is 9.04. The molecule has 0 aliphatic rings. The zero-order valence-corrected chi connectivity index (χ0v) is 16.8. The van der Waals surface area contributed by atoms with E-state index >= 15 is 0 Å². The number of carbonyl (C=O) groups is 1. The third-order valence-electron chi connectivity index (χ3n) is 4.27. The quantitative estimate of drug-likeness (QED) is 0.615. The number of amides is 1. The Hall–Kier alpha value is -1.84. The number of benzene rings is 1. The second-order valence-corrected chi connectivity index (χ2v) is 7.02. The summed E-state index contributed by atoms with van der Waals surface area (Å²) in [4.78, 5) is 13.1. The monoisotopic (exact) mass is 399 g/mol. The normalized spacial score (nSPS) is 14.0. The molecule has 0 heterocycles. The average molecular weight is 400 g/mol. The molecular weight excluding hydrogens is 374 g/mol. The summed E-state index contributed by atoms with van der Waals surface area (Å²) in [6.07, 6.45) is 1.83. The number of nitrogens with one attached hydrogen (secondary N) is 2. The number of thiocarbonyl (C=S) groups is 1. The van der Waals surface area contributed by atoms with Gasteiger partial charge in [0, 0.05) is 14.2 Å². The number of carbonyl (C=O) groups excluding carboxylic acids is 1. The van der Waals surface area contributed by atoms with Gasteiger partial charge < -0.3 is 15.4 Å². The fourth-order valence-corrected chi connectivity index (χ4v) is 3.06. The summed E-state index contributed by atoms with van der Waals surface area (Å²) in [6.45, 7) is 1.75. The Morgan fingerprint density at radius 2 is 2.00 bits per heavy atom. The number of hydrogen-bond acceptors (Lipinski definition) is 6. The number of ether oxygens (including phenoxy) is 1. The fourth-order valence-electron chi connectivity index (χ4n) is 2.65. The van der Waals surface area contributed by atoms with Crippen molar-refractivity contribution >= 4 is 33.7 Å². The van der Waals surface area contributed by atoms with Crippen molar-refractivity contribution in [2.24, 2.45) is 4.36 Å². The summed E-state index contributed by atoms with van der Waals surface area (Å²) in [7, 11) is 0.618. The van der Waals surface area contributed by atoms with Crippen LogP contribution in [0.1, 0.15) is 31.7 Å². The standard InChI is InChI=1S/C17H25N3O4S2/c1-13(24-3)8-7-11-17(12-19-26(22)23,14-9-5-4-6-10-14)15(21)20-16(25)18-2/h4-6,9-10,13H,7-8,11-12H2,1-3H3,(H2,18,20,21,25). The highest BCUT2D eigenvalue weighted by molar-refractivity contribution is 7.80. The van der Waals surface area contributed by atoms with Crippen molar-refractivity contribution in [3.05, 3.63) is 35.9 Å². The first-order valence-electron chi connectivity index (χ1n) is 8.24. The van der Waals surface area contributed by atoms with Crippen LogP contribution < -0.4 is 10.6 Å². The summed E-state index contributed by atoms with van der Waals surface area (Å²) >= 11 is 5.04. The molecule has 2 unspecified atom stereocenters. The second kappa shape index (κ2) is 11.0. The molecule has 2 N–H and O–H groups in total. The van der Waals surface area contributed by atoms with E-state index in [1.165, 1.54) is 0 Å². The molecule has 1 aromatic carbocycles. The Morgan fingerprint density at radius 3 is 2.54 bits per heavy atom. The SMILES string of the molecule is CNC(=S)NC(=O)C(CCCC(C)OC)(CN=S(=O)=O)c1ccccc1. The summed E-state index contributed by atoms with van der Waals surface area (Å²) < 4.78 is 31.0. The Labute approximate surface area is 161 Å². The Kier molecular flexibility index (Phi) is 9.39. The maximum Gasteiger partial charge on any atom is 0.311 e. The van der Waals surface area contributed by atoms with Crippen LogP contribution in [0.3, 0.4) is 0 Å². The van der Waals surface area contributed by atoms with Gasteiger partial charge in [-0.2, -0.15) is 12.8 Å². The van der Waals surface area contributed by atoms with Crippen LogP contribution in [0.4, 0.5) is 0 Å². The molecule has 0 saturated carbocycles. The highest BCUT2D eigenvalue weighted by atomic mass is 32.2. The van der Waals surface area contributed by atoms with Gasteiger partial charge in [0.2, 0.25) is 5.91 Å². The third-order valence-corrected chi connectivity index (χ3v) is 4.92. The Morgan fingerprint density at radius 1 is 1.35 bits per heavy atom. The maximum atomic E-state index is 13.1. The van der Waals surface area contributed by atoms with Crippen LogP contribution in [-0.4, -0.2) is 46.2 Å². The Balaban J connectivity index is 3.29.